The number of allylic oxidation sites excluding steroid dienone is 2. The maximum absolute atomic E-state index is 12.5. The predicted octanol–water partition coefficient (Wildman–Crippen LogP) is 3.20. The van der Waals surface area contributed by atoms with Crippen molar-refractivity contribution in [2.45, 2.75) is 25.8 Å². The van der Waals surface area contributed by atoms with Gasteiger partial charge in [0.25, 0.3) is 5.91 Å². The first kappa shape index (κ1) is 20.2. The number of aromatic amines is 1. The molecule has 2 aliphatic rings. The molecule has 0 radical (unpaired) electrons. The minimum atomic E-state index is -0.312. The van der Waals surface area contributed by atoms with Crippen LogP contribution in [0.4, 0.5) is 0 Å². The standard InChI is InChI=1S/C23H28N4O3/c1-4-5-14(16-12-27(2)13-16)10-21-24-11-18(26-21)15-8-19(28)22(20(9-15)30-3)23(29)25-17-6-7-17/h4-5,8-11,16-17,28H,6-7,12-13H2,1-3H3,(H,24,26)(H,25,29)/b5-4-,14-10+. The van der Waals surface area contributed by atoms with Gasteiger partial charge in [0.2, 0.25) is 0 Å². The van der Waals surface area contributed by atoms with E-state index >= 15 is 0 Å². The molecule has 7 heteroatoms. The van der Waals surface area contributed by atoms with Gasteiger partial charge in [-0.2, -0.15) is 0 Å². The number of methoxy groups -OCH3 is 1. The summed E-state index contributed by atoms with van der Waals surface area (Å²) >= 11 is 0. The maximum atomic E-state index is 12.5. The van der Waals surface area contributed by atoms with Crippen LogP contribution in [0.15, 0.2) is 36.1 Å². The molecule has 0 unspecified atom stereocenters. The largest absolute Gasteiger partial charge is 0.507 e. The zero-order valence-corrected chi connectivity index (χ0v) is 17.6. The third-order valence-corrected chi connectivity index (χ3v) is 5.55. The summed E-state index contributed by atoms with van der Waals surface area (Å²) in [6, 6.07) is 3.51. The molecule has 0 bridgehead atoms. The molecule has 7 nitrogen and oxygen atoms in total. The number of carbonyl (C=O) groups excluding carboxylic acids is 1. The minimum absolute atomic E-state index is 0.110. The van der Waals surface area contributed by atoms with Gasteiger partial charge in [-0.3, -0.25) is 4.79 Å². The first-order valence-electron chi connectivity index (χ1n) is 10.3. The van der Waals surface area contributed by atoms with Crippen molar-refractivity contribution in [3.8, 4) is 22.8 Å². The van der Waals surface area contributed by atoms with E-state index in [4.69, 9.17) is 4.74 Å². The van der Waals surface area contributed by atoms with Crippen LogP contribution in [0.1, 0.15) is 35.9 Å². The van der Waals surface area contributed by atoms with Crippen molar-refractivity contribution in [1.82, 2.24) is 20.2 Å². The van der Waals surface area contributed by atoms with E-state index in [1.807, 2.05) is 13.0 Å². The van der Waals surface area contributed by atoms with Crippen LogP contribution in [-0.2, 0) is 0 Å². The van der Waals surface area contributed by atoms with Crippen molar-refractivity contribution in [2.75, 3.05) is 27.2 Å². The minimum Gasteiger partial charge on any atom is -0.507 e. The molecule has 1 saturated heterocycles. The molecule has 1 aliphatic heterocycles. The van der Waals surface area contributed by atoms with Gasteiger partial charge in [0.1, 0.15) is 22.9 Å². The number of amides is 1. The monoisotopic (exact) mass is 408 g/mol. The second kappa shape index (κ2) is 8.36. The maximum Gasteiger partial charge on any atom is 0.259 e. The van der Waals surface area contributed by atoms with Crippen LogP contribution in [0.2, 0.25) is 0 Å². The number of aromatic hydroxyl groups is 1. The summed E-state index contributed by atoms with van der Waals surface area (Å²) in [6.07, 6.45) is 9.91. The number of phenols is 1. The van der Waals surface area contributed by atoms with Crippen LogP contribution >= 0.6 is 0 Å². The van der Waals surface area contributed by atoms with Crippen LogP contribution in [0, 0.1) is 5.92 Å². The molecule has 30 heavy (non-hydrogen) atoms. The van der Waals surface area contributed by atoms with Crippen molar-refractivity contribution >= 4 is 12.0 Å². The molecule has 1 aromatic carbocycles. The fourth-order valence-electron chi connectivity index (χ4n) is 3.75. The van der Waals surface area contributed by atoms with E-state index in [1.54, 1.807) is 18.3 Å². The zero-order valence-electron chi connectivity index (χ0n) is 17.6. The van der Waals surface area contributed by atoms with Crippen LogP contribution in [-0.4, -0.2) is 59.2 Å². The number of hydrogen-bond acceptors (Lipinski definition) is 5. The summed E-state index contributed by atoms with van der Waals surface area (Å²) in [7, 11) is 3.61. The number of nitrogens with one attached hydrogen (secondary N) is 2. The summed E-state index contributed by atoms with van der Waals surface area (Å²) in [5.74, 6) is 1.17. The molecule has 1 aliphatic carbocycles. The lowest BCUT2D eigenvalue weighted by atomic mass is 9.91. The smallest absolute Gasteiger partial charge is 0.259 e. The highest BCUT2D eigenvalue weighted by Crippen LogP contribution is 2.35. The molecule has 2 heterocycles. The van der Waals surface area contributed by atoms with E-state index in [2.05, 4.69) is 39.4 Å². The van der Waals surface area contributed by atoms with E-state index in [-0.39, 0.29) is 23.3 Å². The molecule has 4 rings (SSSR count). The second-order valence-electron chi connectivity index (χ2n) is 8.06. The molecule has 0 spiro atoms. The number of ether oxygens (including phenoxy) is 1. The van der Waals surface area contributed by atoms with Crippen molar-refractivity contribution in [2.24, 2.45) is 5.92 Å². The van der Waals surface area contributed by atoms with Crippen molar-refractivity contribution in [1.29, 1.82) is 0 Å². The fourth-order valence-corrected chi connectivity index (χ4v) is 3.75. The first-order chi connectivity index (χ1) is 14.5. The van der Waals surface area contributed by atoms with Crippen LogP contribution < -0.4 is 10.1 Å². The molecule has 1 aromatic heterocycles. The zero-order chi connectivity index (χ0) is 21.3. The molecule has 1 amide bonds. The molecule has 158 valence electrons. The van der Waals surface area contributed by atoms with Crippen molar-refractivity contribution in [3.63, 3.8) is 0 Å². The summed E-state index contributed by atoms with van der Waals surface area (Å²) in [5.41, 5.74) is 2.85. The molecule has 2 fully saturated rings. The van der Waals surface area contributed by atoms with Gasteiger partial charge in [-0.05, 0) is 50.6 Å². The Morgan fingerprint density at radius 2 is 2.13 bits per heavy atom. The van der Waals surface area contributed by atoms with Gasteiger partial charge in [-0.15, -0.1) is 0 Å². The molecule has 3 N–H and O–H groups in total. The van der Waals surface area contributed by atoms with E-state index < -0.39 is 0 Å². The first-order valence-corrected chi connectivity index (χ1v) is 10.3. The Balaban J connectivity index is 1.60. The van der Waals surface area contributed by atoms with E-state index in [9.17, 15) is 9.90 Å². The number of benzene rings is 1. The second-order valence-corrected chi connectivity index (χ2v) is 8.06. The van der Waals surface area contributed by atoms with Gasteiger partial charge in [-0.1, -0.05) is 12.2 Å². The topological polar surface area (TPSA) is 90.5 Å². The SMILES string of the molecule is C/C=C\C(=C/c1ncc(-c2cc(O)c(C(=O)NC3CC3)c(OC)c2)[nH]1)C1CN(C)C1. The molecule has 0 atom stereocenters. The Bertz CT molecular complexity index is 998. The van der Waals surface area contributed by atoms with Crippen LogP contribution in [0.3, 0.4) is 0 Å². The molecule has 1 saturated carbocycles. The van der Waals surface area contributed by atoms with Gasteiger partial charge in [-0.25, -0.2) is 4.98 Å². The Kier molecular flexibility index (Phi) is 5.63. The van der Waals surface area contributed by atoms with Crippen molar-refractivity contribution < 1.29 is 14.6 Å². The Hall–Kier alpha value is -3.06. The lowest BCUT2D eigenvalue weighted by molar-refractivity contribution is 0.0945. The molecular formula is C23H28N4O3. The number of aromatic nitrogens is 2. The number of hydrogen-bond donors (Lipinski definition) is 3. The average Bonchev–Trinajstić information content (AvgIpc) is 3.38. The summed E-state index contributed by atoms with van der Waals surface area (Å²) in [5, 5.41) is 13.4. The Labute approximate surface area is 176 Å². The summed E-state index contributed by atoms with van der Waals surface area (Å²) in [6.45, 7) is 4.10. The van der Waals surface area contributed by atoms with Gasteiger partial charge >= 0.3 is 0 Å². The van der Waals surface area contributed by atoms with Gasteiger partial charge < -0.3 is 25.0 Å². The van der Waals surface area contributed by atoms with Gasteiger partial charge in [0, 0.05) is 30.6 Å². The Morgan fingerprint density at radius 1 is 1.37 bits per heavy atom. The van der Waals surface area contributed by atoms with E-state index in [1.165, 1.54) is 12.7 Å². The fraction of sp³-hybridized carbons (Fsp3) is 0.391. The Morgan fingerprint density at radius 3 is 2.77 bits per heavy atom. The van der Waals surface area contributed by atoms with E-state index in [0.717, 1.165) is 37.4 Å². The molecular weight excluding hydrogens is 380 g/mol. The molecule has 2 aromatic rings. The lowest BCUT2D eigenvalue weighted by Crippen LogP contribution is -2.44. The number of carbonyl (C=O) groups is 1. The number of phenolic OH excluding ortho intramolecular Hbond substituents is 1. The number of likely N-dealkylation sites (tertiary alicyclic amines) is 1. The summed E-state index contributed by atoms with van der Waals surface area (Å²) < 4.78 is 5.40. The third kappa shape index (κ3) is 4.26. The van der Waals surface area contributed by atoms with Crippen LogP contribution in [0.5, 0.6) is 11.5 Å². The average molecular weight is 409 g/mol. The van der Waals surface area contributed by atoms with Crippen molar-refractivity contribution in [3.05, 3.63) is 47.4 Å². The highest BCUT2D eigenvalue weighted by molar-refractivity contribution is 6.00. The predicted molar refractivity (Wildman–Crippen MR) is 117 cm³/mol. The summed E-state index contributed by atoms with van der Waals surface area (Å²) in [4.78, 5) is 22.5. The van der Waals surface area contributed by atoms with Crippen LogP contribution in [0.25, 0.3) is 17.3 Å². The lowest BCUT2D eigenvalue weighted by Gasteiger charge is -2.37. The number of imidazole rings is 1. The van der Waals surface area contributed by atoms with E-state index in [0.29, 0.717) is 17.2 Å². The third-order valence-electron chi connectivity index (χ3n) is 5.55. The number of nitrogens with zero attached hydrogens (tertiary/aromatic N) is 2. The number of rotatable bonds is 7. The number of H-pyrrole nitrogens is 1. The van der Waals surface area contributed by atoms with Gasteiger partial charge in [0.05, 0.1) is 19.0 Å². The normalized spacial score (nSPS) is 17.9. The highest BCUT2D eigenvalue weighted by atomic mass is 16.5. The van der Waals surface area contributed by atoms with Gasteiger partial charge in [0.15, 0.2) is 0 Å². The quantitative estimate of drug-likeness (QED) is 0.612. The highest BCUT2D eigenvalue weighted by Gasteiger charge is 2.28.